The fourth-order valence-corrected chi connectivity index (χ4v) is 4.54. The van der Waals surface area contributed by atoms with Crippen LogP contribution in [0.5, 0.6) is 0 Å². The third kappa shape index (κ3) is 29.2. The van der Waals surface area contributed by atoms with Crippen LogP contribution < -0.4 is 21.7 Å². The van der Waals surface area contributed by atoms with Gasteiger partial charge in [-0.25, -0.2) is 0 Å². The summed E-state index contributed by atoms with van der Waals surface area (Å²) in [6.45, 7) is 16.0. The number of unbranched alkanes of at least 4 members (excludes halogenated alkanes) is 12. The Balaban J connectivity index is 0. The lowest BCUT2D eigenvalue weighted by atomic mass is 10.0. The van der Waals surface area contributed by atoms with Crippen LogP contribution in [0.4, 0.5) is 0 Å². The summed E-state index contributed by atoms with van der Waals surface area (Å²) in [5, 5.41) is 8.16. The average molecular weight is 607 g/mol. The van der Waals surface area contributed by atoms with E-state index >= 15 is 0 Å². The van der Waals surface area contributed by atoms with Crippen molar-refractivity contribution in [2.45, 2.75) is 163 Å². The van der Waals surface area contributed by atoms with Gasteiger partial charge in [-0.2, -0.15) is 0 Å². The van der Waals surface area contributed by atoms with E-state index in [4.69, 9.17) is 5.73 Å². The number of hydrogen-bond donors (Lipinski definition) is 4. The molecule has 0 aliphatic carbocycles. The Kier molecular flexibility index (Phi) is 29.1. The van der Waals surface area contributed by atoms with Gasteiger partial charge in [-0.1, -0.05) is 122 Å². The molecule has 0 saturated heterocycles. The molecule has 0 spiro atoms. The molecule has 0 aromatic rings. The highest BCUT2D eigenvalue weighted by Gasteiger charge is 2.24. The second-order valence-corrected chi connectivity index (χ2v) is 12.1. The summed E-state index contributed by atoms with van der Waals surface area (Å²) in [7, 11) is 0. The first-order valence-electron chi connectivity index (χ1n) is 16.9. The molecule has 0 aromatic heterocycles. The maximum atomic E-state index is 12.4. The van der Waals surface area contributed by atoms with E-state index in [0.29, 0.717) is 25.8 Å². The van der Waals surface area contributed by atoms with E-state index in [1.807, 2.05) is 33.8 Å². The predicted octanol–water partition coefficient (Wildman–Crippen LogP) is 7.02. The Morgan fingerprint density at radius 3 is 1.67 bits per heavy atom. The molecule has 8 heteroatoms. The van der Waals surface area contributed by atoms with Crippen molar-refractivity contribution in [3.8, 4) is 0 Å². The minimum atomic E-state index is -0.750. The van der Waals surface area contributed by atoms with Crippen molar-refractivity contribution >= 4 is 23.6 Å². The zero-order valence-corrected chi connectivity index (χ0v) is 28.5. The van der Waals surface area contributed by atoms with Crippen LogP contribution in [-0.4, -0.2) is 42.3 Å². The normalized spacial score (nSPS) is 12.5. The first-order valence-corrected chi connectivity index (χ1v) is 16.9. The third-order valence-electron chi connectivity index (χ3n) is 7.17. The van der Waals surface area contributed by atoms with Crippen molar-refractivity contribution in [1.82, 2.24) is 16.0 Å². The molecule has 2 atom stereocenters. The van der Waals surface area contributed by atoms with E-state index in [0.717, 1.165) is 25.7 Å². The second-order valence-electron chi connectivity index (χ2n) is 12.1. The first-order chi connectivity index (χ1) is 20.5. The van der Waals surface area contributed by atoms with Crippen LogP contribution in [0.1, 0.15) is 151 Å². The van der Waals surface area contributed by atoms with E-state index in [1.165, 1.54) is 69.8 Å². The van der Waals surface area contributed by atoms with Crippen molar-refractivity contribution in [3.63, 3.8) is 0 Å². The highest BCUT2D eigenvalue weighted by Crippen LogP contribution is 2.13. The molecule has 0 rings (SSSR count). The minimum absolute atomic E-state index is 0.101. The summed E-state index contributed by atoms with van der Waals surface area (Å²) in [6, 6.07) is -1.38. The molecule has 8 nitrogen and oxygen atoms in total. The van der Waals surface area contributed by atoms with Crippen molar-refractivity contribution < 1.29 is 19.2 Å². The van der Waals surface area contributed by atoms with Crippen LogP contribution in [0, 0.1) is 5.92 Å². The number of rotatable bonds is 25. The SMILES string of the molecule is C=C/C=C(\C)CCC(=O)NCC.CCCCCCCCCCCCCCCC(=O)N[C@@H](CC(C)C)C(=O)NC(C)C(N)=O. The molecule has 0 bridgehead atoms. The van der Waals surface area contributed by atoms with Gasteiger partial charge in [0.25, 0.3) is 0 Å². The Morgan fingerprint density at radius 2 is 1.23 bits per heavy atom. The third-order valence-corrected chi connectivity index (χ3v) is 7.17. The molecule has 4 amide bonds. The van der Waals surface area contributed by atoms with Gasteiger partial charge < -0.3 is 21.7 Å². The van der Waals surface area contributed by atoms with Crippen LogP contribution in [0.25, 0.3) is 0 Å². The van der Waals surface area contributed by atoms with Gasteiger partial charge in [-0.05, 0) is 46.0 Å². The number of carbonyl (C=O) groups excluding carboxylic acids is 4. The molecule has 0 aromatic carbocycles. The van der Waals surface area contributed by atoms with Crippen LogP contribution in [0.15, 0.2) is 24.3 Å². The lowest BCUT2D eigenvalue weighted by Gasteiger charge is -2.21. The number of hydrogen-bond acceptors (Lipinski definition) is 4. The Labute approximate surface area is 263 Å². The quantitative estimate of drug-likeness (QED) is 0.0657. The van der Waals surface area contributed by atoms with Gasteiger partial charge >= 0.3 is 0 Å². The Morgan fingerprint density at radius 1 is 0.721 bits per heavy atom. The molecule has 0 aliphatic heterocycles. The molecule has 43 heavy (non-hydrogen) atoms. The second kappa shape index (κ2) is 29.4. The van der Waals surface area contributed by atoms with Gasteiger partial charge in [-0.3, -0.25) is 19.2 Å². The van der Waals surface area contributed by atoms with Crippen molar-refractivity contribution in [3.05, 3.63) is 24.3 Å². The zero-order valence-electron chi connectivity index (χ0n) is 28.5. The molecule has 0 heterocycles. The summed E-state index contributed by atoms with van der Waals surface area (Å²) >= 11 is 0. The number of allylic oxidation sites excluding steroid dienone is 3. The van der Waals surface area contributed by atoms with Gasteiger partial charge in [0.1, 0.15) is 12.1 Å². The van der Waals surface area contributed by atoms with E-state index in [1.54, 1.807) is 13.0 Å². The van der Waals surface area contributed by atoms with Gasteiger partial charge in [0.05, 0.1) is 0 Å². The summed E-state index contributed by atoms with van der Waals surface area (Å²) in [4.78, 5) is 46.8. The summed E-state index contributed by atoms with van der Waals surface area (Å²) < 4.78 is 0. The van der Waals surface area contributed by atoms with E-state index < -0.39 is 18.0 Å². The maximum Gasteiger partial charge on any atom is 0.243 e. The monoisotopic (exact) mass is 607 g/mol. The van der Waals surface area contributed by atoms with Crippen LogP contribution in [0.2, 0.25) is 0 Å². The van der Waals surface area contributed by atoms with Crippen molar-refractivity contribution in [2.24, 2.45) is 11.7 Å². The number of primary amides is 1. The van der Waals surface area contributed by atoms with E-state index in [2.05, 4.69) is 29.5 Å². The molecular weight excluding hydrogens is 540 g/mol. The molecule has 0 fully saturated rings. The summed E-state index contributed by atoms with van der Waals surface area (Å²) in [6.07, 6.45) is 22.5. The maximum absolute atomic E-state index is 12.4. The molecule has 0 radical (unpaired) electrons. The smallest absolute Gasteiger partial charge is 0.243 e. The van der Waals surface area contributed by atoms with Gasteiger partial charge in [-0.15, -0.1) is 0 Å². The van der Waals surface area contributed by atoms with Crippen LogP contribution in [0.3, 0.4) is 0 Å². The molecule has 1 unspecified atom stereocenters. The van der Waals surface area contributed by atoms with Gasteiger partial charge in [0, 0.05) is 19.4 Å². The highest BCUT2D eigenvalue weighted by atomic mass is 16.2. The highest BCUT2D eigenvalue weighted by molar-refractivity contribution is 5.91. The molecule has 250 valence electrons. The number of nitrogens with two attached hydrogens (primary N) is 1. The minimum Gasteiger partial charge on any atom is -0.368 e. The number of nitrogens with one attached hydrogen (secondary N) is 3. The topological polar surface area (TPSA) is 130 Å². The zero-order chi connectivity index (χ0) is 32.9. The summed E-state index contributed by atoms with van der Waals surface area (Å²) in [5.41, 5.74) is 6.40. The first kappa shape index (κ1) is 42.5. The fraction of sp³-hybridized carbons (Fsp3) is 0.771. The van der Waals surface area contributed by atoms with E-state index in [-0.39, 0.29) is 23.6 Å². The Hall–Kier alpha value is -2.64. The van der Waals surface area contributed by atoms with Crippen LogP contribution >= 0.6 is 0 Å². The number of carbonyl (C=O) groups is 4. The predicted molar refractivity (Wildman–Crippen MR) is 180 cm³/mol. The lowest BCUT2D eigenvalue weighted by Crippen LogP contribution is -2.52. The molecule has 0 aliphatic rings. The van der Waals surface area contributed by atoms with Crippen molar-refractivity contribution in [2.75, 3.05) is 6.54 Å². The van der Waals surface area contributed by atoms with Crippen LogP contribution in [-0.2, 0) is 19.2 Å². The number of amides is 4. The molecule has 5 N–H and O–H groups in total. The molecule has 0 saturated carbocycles. The lowest BCUT2D eigenvalue weighted by molar-refractivity contribution is -0.131. The molecular formula is C35H66N4O4. The average Bonchev–Trinajstić information content (AvgIpc) is 2.94. The van der Waals surface area contributed by atoms with Gasteiger partial charge in [0.15, 0.2) is 0 Å². The standard InChI is InChI=1S/C25H49N3O3.C10H17NO/c1-5-6-7-8-9-10-11-12-13-14-15-16-17-18-23(29)28-22(19-20(2)3)25(31)27-21(4)24(26)30;1-4-6-9(3)7-8-10(12)11-5-2/h20-22H,5-19H2,1-4H3,(H2,26,30)(H,27,31)(H,28,29);4,6H,1,5,7-8H2,2-3H3,(H,11,12)/b;9-6+/t21?,22-;/m0./s1. The fourth-order valence-electron chi connectivity index (χ4n) is 4.54. The van der Waals surface area contributed by atoms with E-state index in [9.17, 15) is 19.2 Å². The summed E-state index contributed by atoms with van der Waals surface area (Å²) in [5.74, 6) is -0.671. The largest absolute Gasteiger partial charge is 0.368 e. The van der Waals surface area contributed by atoms with Crippen molar-refractivity contribution in [1.29, 1.82) is 0 Å². The van der Waals surface area contributed by atoms with Gasteiger partial charge in [0.2, 0.25) is 23.6 Å². The Bertz CT molecular complexity index is 795.